The number of benzene rings is 2. The van der Waals surface area contributed by atoms with Gasteiger partial charge in [-0.25, -0.2) is 4.98 Å². The first-order chi connectivity index (χ1) is 13.9. The molecular weight excluding hydrogens is 384 g/mol. The van der Waals surface area contributed by atoms with E-state index >= 15 is 0 Å². The number of amides is 1. The van der Waals surface area contributed by atoms with Crippen molar-refractivity contribution >= 4 is 16.7 Å². The third-order valence-corrected chi connectivity index (χ3v) is 5.78. The number of carbonyl (C=O) groups is 1. The molecule has 0 saturated heterocycles. The molecule has 0 bridgehead atoms. The molecule has 2 aromatic carbocycles. The lowest BCUT2D eigenvalue weighted by Crippen LogP contribution is -2.30. The molecule has 0 saturated carbocycles. The van der Waals surface area contributed by atoms with Crippen LogP contribution in [0.15, 0.2) is 52.9 Å². The lowest BCUT2D eigenvalue weighted by atomic mass is 10.1. The second-order valence-electron chi connectivity index (χ2n) is 7.21. The molecule has 0 unspecified atom stereocenters. The van der Waals surface area contributed by atoms with Gasteiger partial charge in [0.25, 0.3) is 0 Å². The monoisotopic (exact) mass is 410 g/mol. The van der Waals surface area contributed by atoms with Crippen molar-refractivity contribution in [3.05, 3.63) is 76.7 Å². The Bertz CT molecular complexity index is 1010. The Kier molecular flexibility index (Phi) is 6.99. The van der Waals surface area contributed by atoms with Crippen molar-refractivity contribution in [2.24, 2.45) is 0 Å². The van der Waals surface area contributed by atoms with Gasteiger partial charge in [-0.3, -0.25) is 9.00 Å². The average molecular weight is 411 g/mol. The molecule has 1 aromatic heterocycles. The molecule has 0 aliphatic carbocycles. The molecule has 3 aromatic rings. The lowest BCUT2D eigenvalue weighted by Gasteiger charge is -2.05. The van der Waals surface area contributed by atoms with Gasteiger partial charge in [-0.05, 0) is 44.9 Å². The van der Waals surface area contributed by atoms with Crippen LogP contribution in [0, 0.1) is 20.8 Å². The largest absolute Gasteiger partial charge is 0.441 e. The quantitative estimate of drug-likeness (QED) is 0.612. The second kappa shape index (κ2) is 9.65. The second-order valence-corrected chi connectivity index (χ2v) is 8.66. The van der Waals surface area contributed by atoms with Crippen LogP contribution in [0.5, 0.6) is 0 Å². The molecule has 5 nitrogen and oxygen atoms in total. The number of aryl methyl sites for hydroxylation is 3. The highest BCUT2D eigenvalue weighted by Crippen LogP contribution is 2.23. The van der Waals surface area contributed by atoms with Crippen molar-refractivity contribution < 1.29 is 13.4 Å². The number of nitrogens with one attached hydrogen (secondary N) is 1. The first kappa shape index (κ1) is 21.0. The van der Waals surface area contributed by atoms with Gasteiger partial charge in [0.05, 0.1) is 11.4 Å². The fraction of sp³-hybridized carbons (Fsp3) is 0.304. The van der Waals surface area contributed by atoms with E-state index in [4.69, 9.17) is 4.42 Å². The van der Waals surface area contributed by atoms with Gasteiger partial charge in [-0.2, -0.15) is 0 Å². The highest BCUT2D eigenvalue weighted by atomic mass is 32.2. The van der Waals surface area contributed by atoms with Crippen LogP contribution in [-0.2, 0) is 27.8 Å². The number of nitrogens with zero attached hydrogens (tertiary/aromatic N) is 1. The zero-order chi connectivity index (χ0) is 20.8. The van der Waals surface area contributed by atoms with Crippen molar-refractivity contribution in [3.8, 4) is 11.5 Å². The van der Waals surface area contributed by atoms with Crippen LogP contribution in [-0.4, -0.2) is 27.4 Å². The van der Waals surface area contributed by atoms with Crippen molar-refractivity contribution in [2.75, 3.05) is 12.3 Å². The Morgan fingerprint density at radius 3 is 2.55 bits per heavy atom. The van der Waals surface area contributed by atoms with Crippen LogP contribution in [0.3, 0.4) is 0 Å². The molecule has 6 heteroatoms. The van der Waals surface area contributed by atoms with Gasteiger partial charge < -0.3 is 9.73 Å². The molecule has 1 amide bonds. The standard InChI is InChI=1S/C23H26N2O3S/c1-16-7-9-19(10-8-16)11-12-24-22(26)15-29(27)14-21-18(3)28-23(25-21)20-6-4-5-17(2)13-20/h4-10,13H,11-12,14-15H2,1-3H3,(H,24,26)/t29-/m1/s1. The Morgan fingerprint density at radius 1 is 1.07 bits per heavy atom. The van der Waals surface area contributed by atoms with Gasteiger partial charge in [0.15, 0.2) is 0 Å². The van der Waals surface area contributed by atoms with Crippen LogP contribution >= 0.6 is 0 Å². The normalized spacial score (nSPS) is 12.0. The summed E-state index contributed by atoms with van der Waals surface area (Å²) in [4.78, 5) is 16.6. The minimum Gasteiger partial charge on any atom is -0.441 e. The predicted octanol–water partition coefficient (Wildman–Crippen LogP) is 3.87. The van der Waals surface area contributed by atoms with Crippen molar-refractivity contribution in [3.63, 3.8) is 0 Å². The Morgan fingerprint density at radius 2 is 1.83 bits per heavy atom. The molecular formula is C23H26N2O3S. The molecule has 0 spiro atoms. The Labute approximate surface area is 174 Å². The van der Waals surface area contributed by atoms with Crippen LogP contribution < -0.4 is 5.32 Å². The van der Waals surface area contributed by atoms with Gasteiger partial charge in [0, 0.05) is 22.9 Å². The zero-order valence-electron chi connectivity index (χ0n) is 17.0. The SMILES string of the molecule is Cc1ccc(CCNC(=O)C[S@](=O)Cc2nc(-c3cccc(C)c3)oc2C)cc1. The molecule has 1 atom stereocenters. The number of carbonyl (C=O) groups excluding carboxylic acids is 1. The number of hydrogen-bond donors (Lipinski definition) is 1. The lowest BCUT2D eigenvalue weighted by molar-refractivity contribution is -0.118. The van der Waals surface area contributed by atoms with Crippen LogP contribution in [0.25, 0.3) is 11.5 Å². The van der Waals surface area contributed by atoms with E-state index < -0.39 is 10.8 Å². The number of oxazole rings is 1. The van der Waals surface area contributed by atoms with Gasteiger partial charge in [0.2, 0.25) is 11.8 Å². The topological polar surface area (TPSA) is 72.2 Å². The molecule has 1 heterocycles. The molecule has 1 N–H and O–H groups in total. The highest BCUT2D eigenvalue weighted by Gasteiger charge is 2.16. The van der Waals surface area contributed by atoms with E-state index in [1.54, 1.807) is 6.92 Å². The smallest absolute Gasteiger partial charge is 0.232 e. The molecule has 29 heavy (non-hydrogen) atoms. The van der Waals surface area contributed by atoms with E-state index in [0.717, 1.165) is 17.5 Å². The minimum absolute atomic E-state index is 0.0417. The summed E-state index contributed by atoms with van der Waals surface area (Å²) < 4.78 is 18.2. The molecule has 0 aliphatic rings. The summed E-state index contributed by atoms with van der Waals surface area (Å²) in [6, 6.07) is 16.1. The summed E-state index contributed by atoms with van der Waals surface area (Å²) in [7, 11) is -1.34. The molecule has 0 radical (unpaired) electrons. The maximum absolute atomic E-state index is 12.4. The van der Waals surface area contributed by atoms with Crippen molar-refractivity contribution in [1.29, 1.82) is 0 Å². The number of hydrogen-bond acceptors (Lipinski definition) is 4. The molecule has 0 fully saturated rings. The van der Waals surface area contributed by atoms with Crippen LogP contribution in [0.1, 0.15) is 28.1 Å². The number of aromatic nitrogens is 1. The Balaban J connectivity index is 1.50. The summed E-state index contributed by atoms with van der Waals surface area (Å²) in [6.07, 6.45) is 0.751. The summed E-state index contributed by atoms with van der Waals surface area (Å²) in [5, 5.41) is 2.84. The van der Waals surface area contributed by atoms with E-state index in [1.807, 2.05) is 38.1 Å². The van der Waals surface area contributed by atoms with E-state index in [1.165, 1.54) is 11.1 Å². The van der Waals surface area contributed by atoms with E-state index in [2.05, 4.69) is 34.6 Å². The van der Waals surface area contributed by atoms with Crippen molar-refractivity contribution in [2.45, 2.75) is 32.9 Å². The van der Waals surface area contributed by atoms with Gasteiger partial charge in [0.1, 0.15) is 11.5 Å². The Hall–Kier alpha value is -2.73. The molecule has 0 aliphatic heterocycles. The first-order valence-electron chi connectivity index (χ1n) is 9.61. The predicted molar refractivity (Wildman–Crippen MR) is 116 cm³/mol. The highest BCUT2D eigenvalue weighted by molar-refractivity contribution is 7.84. The van der Waals surface area contributed by atoms with E-state index in [0.29, 0.717) is 23.9 Å². The van der Waals surface area contributed by atoms with Crippen LogP contribution in [0.4, 0.5) is 0 Å². The fourth-order valence-electron chi connectivity index (χ4n) is 2.97. The van der Waals surface area contributed by atoms with E-state index in [-0.39, 0.29) is 17.4 Å². The molecule has 3 rings (SSSR count). The maximum atomic E-state index is 12.4. The third-order valence-electron chi connectivity index (χ3n) is 4.60. The number of rotatable bonds is 8. The van der Waals surface area contributed by atoms with Gasteiger partial charge >= 0.3 is 0 Å². The maximum Gasteiger partial charge on any atom is 0.232 e. The summed E-state index contributed by atoms with van der Waals surface area (Å²) in [5.41, 5.74) is 5.01. The summed E-state index contributed by atoms with van der Waals surface area (Å²) in [5.74, 6) is 1.10. The fourth-order valence-corrected chi connectivity index (χ4v) is 4.03. The van der Waals surface area contributed by atoms with E-state index in [9.17, 15) is 9.00 Å². The van der Waals surface area contributed by atoms with Crippen molar-refractivity contribution in [1.82, 2.24) is 10.3 Å². The average Bonchev–Trinajstić information content (AvgIpc) is 3.04. The summed E-state index contributed by atoms with van der Waals surface area (Å²) in [6.45, 7) is 6.38. The summed E-state index contributed by atoms with van der Waals surface area (Å²) >= 11 is 0. The van der Waals surface area contributed by atoms with Crippen LogP contribution in [0.2, 0.25) is 0 Å². The molecule has 152 valence electrons. The van der Waals surface area contributed by atoms with Gasteiger partial charge in [-0.15, -0.1) is 0 Å². The zero-order valence-corrected chi connectivity index (χ0v) is 17.8. The third kappa shape index (κ3) is 6.12. The minimum atomic E-state index is -1.34. The van der Waals surface area contributed by atoms with Gasteiger partial charge in [-0.1, -0.05) is 47.5 Å². The first-order valence-corrected chi connectivity index (χ1v) is 11.1.